The van der Waals surface area contributed by atoms with E-state index >= 15 is 0 Å². The average molecular weight is 522 g/mol. The highest BCUT2D eigenvalue weighted by atomic mass is 127. The fraction of sp³-hybridized carbons (Fsp3) is 0.409. The Hall–Kier alpha value is -2.36. The predicted octanol–water partition coefficient (Wildman–Crippen LogP) is 3.93. The number of aromatic nitrogens is 3. The van der Waals surface area contributed by atoms with E-state index < -0.39 is 0 Å². The molecule has 3 N–H and O–H groups in total. The van der Waals surface area contributed by atoms with Crippen LogP contribution in [-0.4, -0.2) is 41.3 Å². The van der Waals surface area contributed by atoms with Crippen LogP contribution in [0.25, 0.3) is 11.6 Å². The first-order chi connectivity index (χ1) is 14.0. The first-order valence-electron chi connectivity index (χ1n) is 9.95. The Bertz CT molecular complexity index is 910. The largest absolute Gasteiger partial charge is 0.461 e. The number of hydrogen-bond acceptors (Lipinski definition) is 4. The molecular formula is C22H31IN6O. The lowest BCUT2D eigenvalue weighted by atomic mass is 9.86. The standard InChI is InChI=1S/C22H30N6O.HI/c1-22(2,3)17-9-7-16(8-10-17)11-13-24-21(23-4)25-14-12-19-26-20(28-27-19)18-6-5-15-29-18;/h5-10,15H,11-14H2,1-4H3,(H2,23,24,25)(H,26,27,28);1H. The van der Waals surface area contributed by atoms with Crippen molar-refractivity contribution in [1.82, 2.24) is 25.8 Å². The molecule has 0 saturated carbocycles. The van der Waals surface area contributed by atoms with E-state index in [9.17, 15) is 0 Å². The summed E-state index contributed by atoms with van der Waals surface area (Å²) in [5.41, 5.74) is 2.85. The maximum absolute atomic E-state index is 5.31. The number of nitrogens with one attached hydrogen (secondary N) is 3. The fourth-order valence-corrected chi connectivity index (χ4v) is 2.94. The zero-order valence-corrected chi connectivity index (χ0v) is 20.4. The van der Waals surface area contributed by atoms with Crippen LogP contribution in [0.4, 0.5) is 0 Å². The van der Waals surface area contributed by atoms with Crippen molar-refractivity contribution in [3.63, 3.8) is 0 Å². The van der Waals surface area contributed by atoms with Crippen molar-refractivity contribution in [2.24, 2.45) is 4.99 Å². The highest BCUT2D eigenvalue weighted by Crippen LogP contribution is 2.22. The summed E-state index contributed by atoms with van der Waals surface area (Å²) in [7, 11) is 1.77. The van der Waals surface area contributed by atoms with Crippen LogP contribution in [0.15, 0.2) is 52.1 Å². The van der Waals surface area contributed by atoms with E-state index in [-0.39, 0.29) is 29.4 Å². The topological polar surface area (TPSA) is 91.1 Å². The average Bonchev–Trinajstić information content (AvgIpc) is 3.38. The first kappa shape index (κ1) is 23.9. The molecule has 2 heterocycles. The van der Waals surface area contributed by atoms with Gasteiger partial charge in [-0.25, -0.2) is 4.98 Å². The van der Waals surface area contributed by atoms with Crippen LogP contribution in [-0.2, 0) is 18.3 Å². The fourth-order valence-electron chi connectivity index (χ4n) is 2.94. The third-order valence-electron chi connectivity index (χ3n) is 4.68. The lowest BCUT2D eigenvalue weighted by molar-refractivity contribution is 0.577. The van der Waals surface area contributed by atoms with E-state index in [1.165, 1.54) is 11.1 Å². The number of furan rings is 1. The van der Waals surface area contributed by atoms with Crippen LogP contribution in [0.3, 0.4) is 0 Å². The number of H-pyrrole nitrogens is 1. The molecule has 0 atom stereocenters. The Balaban J connectivity index is 0.00000320. The lowest BCUT2D eigenvalue weighted by Crippen LogP contribution is -2.39. The van der Waals surface area contributed by atoms with Crippen LogP contribution in [0.2, 0.25) is 0 Å². The number of guanidine groups is 1. The Morgan fingerprint density at radius 3 is 2.37 bits per heavy atom. The van der Waals surface area contributed by atoms with Gasteiger partial charge >= 0.3 is 0 Å². The molecule has 0 saturated heterocycles. The second kappa shape index (κ2) is 11.1. The van der Waals surface area contributed by atoms with Crippen molar-refractivity contribution in [2.75, 3.05) is 20.1 Å². The summed E-state index contributed by atoms with van der Waals surface area (Å²) >= 11 is 0. The highest BCUT2D eigenvalue weighted by molar-refractivity contribution is 14.0. The van der Waals surface area contributed by atoms with Crippen molar-refractivity contribution in [2.45, 2.75) is 39.0 Å². The highest BCUT2D eigenvalue weighted by Gasteiger charge is 2.12. The molecule has 3 rings (SSSR count). The van der Waals surface area contributed by atoms with Gasteiger partial charge in [0.15, 0.2) is 11.7 Å². The van der Waals surface area contributed by atoms with Gasteiger partial charge in [0.2, 0.25) is 5.82 Å². The second-order valence-corrected chi connectivity index (χ2v) is 7.96. The minimum Gasteiger partial charge on any atom is -0.461 e. The van der Waals surface area contributed by atoms with Crippen LogP contribution >= 0.6 is 24.0 Å². The minimum atomic E-state index is 0. The van der Waals surface area contributed by atoms with Crippen LogP contribution in [0, 0.1) is 0 Å². The minimum absolute atomic E-state index is 0. The Morgan fingerprint density at radius 2 is 1.77 bits per heavy atom. The molecule has 0 aliphatic carbocycles. The second-order valence-electron chi connectivity index (χ2n) is 7.96. The predicted molar refractivity (Wildman–Crippen MR) is 131 cm³/mol. The molecule has 1 aromatic carbocycles. The normalized spacial score (nSPS) is 11.8. The van der Waals surface area contributed by atoms with Crippen LogP contribution < -0.4 is 10.6 Å². The summed E-state index contributed by atoms with van der Waals surface area (Å²) < 4.78 is 5.31. The Kier molecular flexibility index (Phi) is 8.88. The molecule has 0 fully saturated rings. The quantitative estimate of drug-likeness (QED) is 0.249. The van der Waals surface area contributed by atoms with Gasteiger partial charge in [0.25, 0.3) is 0 Å². The summed E-state index contributed by atoms with van der Waals surface area (Å²) in [6.07, 6.45) is 3.27. The third kappa shape index (κ3) is 6.86. The zero-order valence-electron chi connectivity index (χ0n) is 18.0. The van der Waals surface area contributed by atoms with Crippen molar-refractivity contribution in [3.8, 4) is 11.6 Å². The molecule has 2 aromatic heterocycles. The Morgan fingerprint density at radius 1 is 1.07 bits per heavy atom. The molecule has 8 heteroatoms. The van der Waals surface area contributed by atoms with E-state index in [0.717, 1.165) is 24.7 Å². The van der Waals surface area contributed by atoms with Crippen molar-refractivity contribution < 1.29 is 4.42 Å². The Labute approximate surface area is 195 Å². The number of halogens is 1. The van der Waals surface area contributed by atoms with Gasteiger partial charge < -0.3 is 15.1 Å². The lowest BCUT2D eigenvalue weighted by Gasteiger charge is -2.19. The summed E-state index contributed by atoms with van der Waals surface area (Å²) in [4.78, 5) is 8.72. The molecule has 7 nitrogen and oxygen atoms in total. The van der Waals surface area contributed by atoms with Gasteiger partial charge in [0.05, 0.1) is 6.26 Å². The summed E-state index contributed by atoms with van der Waals surface area (Å²) in [5.74, 6) is 2.82. The zero-order chi connectivity index (χ0) is 20.7. The summed E-state index contributed by atoms with van der Waals surface area (Å²) in [6, 6.07) is 12.5. The molecule has 0 radical (unpaired) electrons. The molecule has 3 aromatic rings. The molecule has 0 amide bonds. The third-order valence-corrected chi connectivity index (χ3v) is 4.68. The van der Waals surface area contributed by atoms with E-state index in [2.05, 4.69) is 75.8 Å². The summed E-state index contributed by atoms with van der Waals surface area (Å²) in [6.45, 7) is 8.22. The maximum atomic E-state index is 5.31. The number of rotatable bonds is 7. The van der Waals surface area contributed by atoms with Gasteiger partial charge in [-0.3, -0.25) is 10.1 Å². The molecule has 0 aliphatic heterocycles. The van der Waals surface area contributed by atoms with E-state index in [4.69, 9.17) is 4.42 Å². The van der Waals surface area contributed by atoms with Crippen LogP contribution in [0.5, 0.6) is 0 Å². The molecular weight excluding hydrogens is 491 g/mol. The van der Waals surface area contributed by atoms with E-state index in [1.807, 2.05) is 12.1 Å². The van der Waals surface area contributed by atoms with Crippen molar-refractivity contribution in [1.29, 1.82) is 0 Å². The number of hydrogen-bond donors (Lipinski definition) is 3. The van der Waals surface area contributed by atoms with Gasteiger partial charge in [-0.2, -0.15) is 5.10 Å². The molecule has 162 valence electrons. The molecule has 30 heavy (non-hydrogen) atoms. The maximum Gasteiger partial charge on any atom is 0.216 e. The van der Waals surface area contributed by atoms with Gasteiger partial charge in [-0.1, -0.05) is 45.0 Å². The van der Waals surface area contributed by atoms with Crippen molar-refractivity contribution >= 4 is 29.9 Å². The van der Waals surface area contributed by atoms with Gasteiger partial charge in [-0.05, 0) is 35.1 Å². The smallest absolute Gasteiger partial charge is 0.216 e. The van der Waals surface area contributed by atoms with Gasteiger partial charge in [0.1, 0.15) is 5.82 Å². The van der Waals surface area contributed by atoms with Gasteiger partial charge in [-0.15, -0.1) is 24.0 Å². The SMILES string of the molecule is CN=C(NCCc1ccc(C(C)(C)C)cc1)NCCc1nc(-c2ccco2)n[nH]1.I. The number of nitrogens with zero attached hydrogens (tertiary/aromatic N) is 3. The van der Waals surface area contributed by atoms with E-state index in [0.29, 0.717) is 24.6 Å². The molecule has 0 bridgehead atoms. The number of benzene rings is 1. The molecule has 0 unspecified atom stereocenters. The molecule has 0 aliphatic rings. The van der Waals surface area contributed by atoms with Gasteiger partial charge in [0, 0.05) is 26.6 Å². The number of aliphatic imine (C=N–C) groups is 1. The first-order valence-corrected chi connectivity index (χ1v) is 9.95. The monoisotopic (exact) mass is 522 g/mol. The van der Waals surface area contributed by atoms with Crippen LogP contribution in [0.1, 0.15) is 37.7 Å². The summed E-state index contributed by atoms with van der Waals surface area (Å²) in [5, 5.41) is 13.8. The number of aromatic amines is 1. The van der Waals surface area contributed by atoms with Crippen molar-refractivity contribution in [3.05, 3.63) is 59.6 Å². The molecule has 0 spiro atoms. The van der Waals surface area contributed by atoms with E-state index in [1.54, 1.807) is 13.3 Å².